The average molecular weight is 334 g/mol. The van der Waals surface area contributed by atoms with Crippen molar-refractivity contribution in [3.05, 3.63) is 33.8 Å². The Bertz CT molecular complexity index is 439. The van der Waals surface area contributed by atoms with E-state index in [0.29, 0.717) is 6.04 Å². The van der Waals surface area contributed by atoms with Crippen LogP contribution in [-0.4, -0.2) is 36.5 Å². The van der Waals surface area contributed by atoms with Gasteiger partial charge in [0.25, 0.3) is 5.91 Å². The first-order valence-electron chi connectivity index (χ1n) is 5.87. The zero-order valence-electron chi connectivity index (χ0n) is 10.6. The largest absolute Gasteiger partial charge is 0.336 e. The van der Waals surface area contributed by atoms with E-state index in [-0.39, 0.29) is 18.3 Å². The molecule has 1 atom stereocenters. The predicted molar refractivity (Wildman–Crippen MR) is 79.5 cm³/mol. The lowest BCUT2D eigenvalue weighted by Crippen LogP contribution is -2.51. The fourth-order valence-corrected chi connectivity index (χ4v) is 2.49. The van der Waals surface area contributed by atoms with E-state index in [0.717, 1.165) is 35.2 Å². The monoisotopic (exact) mass is 332 g/mol. The smallest absolute Gasteiger partial charge is 0.254 e. The summed E-state index contributed by atoms with van der Waals surface area (Å²) in [6, 6.07) is 6.15. The number of nitrogens with one attached hydrogen (secondary N) is 1. The predicted octanol–water partition coefficient (Wildman–Crippen LogP) is 2.61. The van der Waals surface area contributed by atoms with Crippen molar-refractivity contribution in [3.63, 3.8) is 0 Å². The van der Waals surface area contributed by atoms with E-state index < -0.39 is 0 Å². The molecule has 2 rings (SSSR count). The molecular weight excluding hydrogens is 316 g/mol. The second kappa shape index (κ2) is 6.55. The van der Waals surface area contributed by atoms with Crippen molar-refractivity contribution >= 4 is 34.2 Å². The van der Waals surface area contributed by atoms with Crippen LogP contribution in [-0.2, 0) is 0 Å². The van der Waals surface area contributed by atoms with Gasteiger partial charge in [-0.3, -0.25) is 4.79 Å². The second-order valence-electron chi connectivity index (χ2n) is 4.52. The molecule has 100 valence electrons. The van der Waals surface area contributed by atoms with Gasteiger partial charge in [-0.15, -0.1) is 12.4 Å². The van der Waals surface area contributed by atoms with Gasteiger partial charge in [0.1, 0.15) is 0 Å². The van der Waals surface area contributed by atoms with Crippen LogP contribution < -0.4 is 5.32 Å². The molecule has 5 heteroatoms. The van der Waals surface area contributed by atoms with Gasteiger partial charge in [0.2, 0.25) is 0 Å². The van der Waals surface area contributed by atoms with Crippen molar-refractivity contribution in [1.82, 2.24) is 10.2 Å². The number of nitrogens with zero attached hydrogens (tertiary/aromatic N) is 1. The second-order valence-corrected chi connectivity index (χ2v) is 5.37. The molecule has 18 heavy (non-hydrogen) atoms. The number of piperazine rings is 1. The lowest BCUT2D eigenvalue weighted by Gasteiger charge is -2.32. The van der Waals surface area contributed by atoms with Gasteiger partial charge >= 0.3 is 0 Å². The first-order chi connectivity index (χ1) is 8.09. The first kappa shape index (κ1) is 15.5. The van der Waals surface area contributed by atoms with Crippen LogP contribution in [0.1, 0.15) is 22.8 Å². The van der Waals surface area contributed by atoms with E-state index in [1.54, 1.807) is 0 Å². The summed E-state index contributed by atoms with van der Waals surface area (Å²) in [5.41, 5.74) is 1.82. The topological polar surface area (TPSA) is 32.3 Å². The van der Waals surface area contributed by atoms with Gasteiger partial charge in [-0.25, -0.2) is 0 Å². The van der Waals surface area contributed by atoms with E-state index in [1.807, 2.05) is 30.0 Å². The molecule has 1 aromatic rings. The Labute approximate surface area is 122 Å². The molecule has 3 nitrogen and oxygen atoms in total. The molecule has 1 fully saturated rings. The Kier molecular flexibility index (Phi) is 5.63. The van der Waals surface area contributed by atoms with Gasteiger partial charge in [-0.2, -0.15) is 0 Å². The summed E-state index contributed by atoms with van der Waals surface area (Å²) in [6.07, 6.45) is 0. The number of carbonyl (C=O) groups excluding carboxylic acids is 1. The third-order valence-electron chi connectivity index (χ3n) is 3.15. The minimum Gasteiger partial charge on any atom is -0.336 e. The van der Waals surface area contributed by atoms with E-state index in [2.05, 4.69) is 28.2 Å². The van der Waals surface area contributed by atoms with Gasteiger partial charge < -0.3 is 10.2 Å². The highest BCUT2D eigenvalue weighted by Crippen LogP contribution is 2.21. The highest BCUT2D eigenvalue weighted by atomic mass is 79.9. The Morgan fingerprint density at radius 1 is 1.50 bits per heavy atom. The fraction of sp³-hybridized carbons (Fsp3) is 0.462. The Morgan fingerprint density at radius 3 is 2.89 bits per heavy atom. The number of benzene rings is 1. The quantitative estimate of drug-likeness (QED) is 0.857. The van der Waals surface area contributed by atoms with Crippen LogP contribution in [0.25, 0.3) is 0 Å². The molecule has 0 aromatic heterocycles. The van der Waals surface area contributed by atoms with Gasteiger partial charge in [-0.05, 0) is 31.5 Å². The van der Waals surface area contributed by atoms with Crippen LogP contribution in [0.15, 0.2) is 22.7 Å². The van der Waals surface area contributed by atoms with Crippen LogP contribution >= 0.6 is 28.3 Å². The molecule has 0 radical (unpaired) electrons. The molecular formula is C13H18BrClN2O. The van der Waals surface area contributed by atoms with Crippen molar-refractivity contribution in [1.29, 1.82) is 0 Å². The molecule has 0 saturated carbocycles. The van der Waals surface area contributed by atoms with Crippen molar-refractivity contribution in [2.24, 2.45) is 0 Å². The van der Waals surface area contributed by atoms with Crippen molar-refractivity contribution in [2.45, 2.75) is 19.9 Å². The fourth-order valence-electron chi connectivity index (χ4n) is 2.13. The minimum atomic E-state index is 0. The number of hydrogen-bond acceptors (Lipinski definition) is 2. The normalized spacial score (nSPS) is 19.3. The maximum Gasteiger partial charge on any atom is 0.254 e. The van der Waals surface area contributed by atoms with Crippen LogP contribution in [0.5, 0.6) is 0 Å². The molecule has 1 unspecified atom stereocenters. The van der Waals surface area contributed by atoms with Gasteiger partial charge in [0.15, 0.2) is 0 Å². The maximum atomic E-state index is 12.4. The summed E-state index contributed by atoms with van der Waals surface area (Å²) >= 11 is 3.47. The molecule has 0 spiro atoms. The highest BCUT2D eigenvalue weighted by molar-refractivity contribution is 9.10. The Morgan fingerprint density at radius 2 is 2.22 bits per heavy atom. The van der Waals surface area contributed by atoms with Gasteiger partial charge in [-0.1, -0.05) is 22.0 Å². The lowest BCUT2D eigenvalue weighted by molar-refractivity contribution is 0.0708. The minimum absolute atomic E-state index is 0. The number of hydrogen-bond donors (Lipinski definition) is 1. The van der Waals surface area contributed by atoms with Crippen molar-refractivity contribution < 1.29 is 4.79 Å². The summed E-state index contributed by atoms with van der Waals surface area (Å²) < 4.78 is 0.992. The number of carbonyl (C=O) groups is 1. The molecule has 0 aliphatic carbocycles. The van der Waals surface area contributed by atoms with Crippen LogP contribution in [0.4, 0.5) is 0 Å². The standard InChI is InChI=1S/C13H17BrN2O.ClH/c1-9-8-16(7-6-15-9)13(17)11-4-3-5-12(14)10(11)2;/h3-5,9,15H,6-8H2,1-2H3;1H. The highest BCUT2D eigenvalue weighted by Gasteiger charge is 2.22. The summed E-state index contributed by atoms with van der Waals surface area (Å²) in [5, 5.41) is 3.34. The maximum absolute atomic E-state index is 12.4. The van der Waals surface area contributed by atoms with E-state index in [1.165, 1.54) is 0 Å². The van der Waals surface area contributed by atoms with Crippen molar-refractivity contribution in [3.8, 4) is 0 Å². The number of rotatable bonds is 1. The van der Waals surface area contributed by atoms with Gasteiger partial charge in [0, 0.05) is 35.7 Å². The van der Waals surface area contributed by atoms with E-state index in [9.17, 15) is 4.79 Å². The summed E-state index contributed by atoms with van der Waals surface area (Å²) in [4.78, 5) is 14.3. The van der Waals surface area contributed by atoms with Crippen LogP contribution in [0.3, 0.4) is 0 Å². The molecule has 1 amide bonds. The Balaban J connectivity index is 0.00000162. The molecule has 1 N–H and O–H groups in total. The zero-order chi connectivity index (χ0) is 12.4. The lowest BCUT2D eigenvalue weighted by atomic mass is 10.1. The first-order valence-corrected chi connectivity index (χ1v) is 6.66. The summed E-state index contributed by atoms with van der Waals surface area (Å²) in [5.74, 6) is 0.136. The van der Waals surface area contributed by atoms with E-state index >= 15 is 0 Å². The van der Waals surface area contributed by atoms with Crippen LogP contribution in [0.2, 0.25) is 0 Å². The molecule has 1 aromatic carbocycles. The van der Waals surface area contributed by atoms with Crippen molar-refractivity contribution in [2.75, 3.05) is 19.6 Å². The van der Waals surface area contributed by atoms with Crippen LogP contribution in [0, 0.1) is 6.92 Å². The number of halogens is 2. The number of amides is 1. The third-order valence-corrected chi connectivity index (χ3v) is 4.01. The molecule has 0 bridgehead atoms. The zero-order valence-corrected chi connectivity index (χ0v) is 13.0. The third kappa shape index (κ3) is 3.25. The molecule has 1 aliphatic rings. The Hall–Kier alpha value is -0.580. The summed E-state index contributed by atoms with van der Waals surface area (Å²) in [6.45, 7) is 6.52. The molecule has 1 saturated heterocycles. The summed E-state index contributed by atoms with van der Waals surface area (Å²) in [7, 11) is 0. The molecule has 1 heterocycles. The SMILES string of the molecule is Cc1c(Br)cccc1C(=O)N1CCNC(C)C1.Cl. The molecule has 1 aliphatic heterocycles. The van der Waals surface area contributed by atoms with Gasteiger partial charge in [0.05, 0.1) is 0 Å². The average Bonchev–Trinajstić information content (AvgIpc) is 2.32. The van der Waals surface area contributed by atoms with E-state index in [4.69, 9.17) is 0 Å².